The average molecular weight is 413 g/mol. The fourth-order valence-corrected chi connectivity index (χ4v) is 3.70. The van der Waals surface area contributed by atoms with Gasteiger partial charge in [-0.25, -0.2) is 0 Å². The van der Waals surface area contributed by atoms with Gasteiger partial charge in [-0.3, -0.25) is 14.8 Å². The molecule has 29 heavy (non-hydrogen) atoms. The Kier molecular flexibility index (Phi) is 7.74. The summed E-state index contributed by atoms with van der Waals surface area (Å²) >= 11 is 0. The van der Waals surface area contributed by atoms with Gasteiger partial charge in [0.05, 0.1) is 19.8 Å². The van der Waals surface area contributed by atoms with Crippen molar-refractivity contribution in [1.29, 1.82) is 0 Å². The molecule has 0 aliphatic carbocycles. The first-order valence-electron chi connectivity index (χ1n) is 10.1. The highest BCUT2D eigenvalue weighted by molar-refractivity contribution is 5.80. The van der Waals surface area contributed by atoms with E-state index in [9.17, 15) is 13.2 Å². The minimum absolute atomic E-state index is 0.0283. The van der Waals surface area contributed by atoms with Crippen LogP contribution in [-0.4, -0.2) is 81.0 Å². The van der Waals surface area contributed by atoms with Gasteiger partial charge in [0.1, 0.15) is 0 Å². The molecule has 0 spiro atoms. The lowest BCUT2D eigenvalue weighted by Crippen LogP contribution is -2.44. The van der Waals surface area contributed by atoms with Crippen molar-refractivity contribution in [3.05, 3.63) is 35.4 Å². The summed E-state index contributed by atoms with van der Waals surface area (Å²) < 4.78 is 43.0. The standard InChI is InChI=1S/C20H30F3N5O/c1-24-19(26-18-6-7-28(14-18)15-20(21,22)23)25-12-16-2-4-17(5-3-16)13-27-8-10-29-11-9-27/h2-5,18H,6-15H2,1H3,(H2,24,25,26). The van der Waals surface area contributed by atoms with Crippen molar-refractivity contribution in [3.63, 3.8) is 0 Å². The maximum atomic E-state index is 12.5. The average Bonchev–Trinajstić information content (AvgIpc) is 3.12. The number of ether oxygens (including phenoxy) is 1. The zero-order valence-electron chi connectivity index (χ0n) is 16.8. The van der Waals surface area contributed by atoms with Gasteiger partial charge in [0, 0.05) is 52.4 Å². The van der Waals surface area contributed by atoms with E-state index in [1.807, 2.05) is 0 Å². The lowest BCUT2D eigenvalue weighted by atomic mass is 10.1. The van der Waals surface area contributed by atoms with E-state index < -0.39 is 12.7 Å². The predicted molar refractivity (Wildman–Crippen MR) is 107 cm³/mol. The number of likely N-dealkylation sites (tertiary alicyclic amines) is 1. The van der Waals surface area contributed by atoms with Crippen LogP contribution in [0.25, 0.3) is 0 Å². The number of guanidine groups is 1. The Labute approximate surface area is 170 Å². The van der Waals surface area contributed by atoms with Crippen LogP contribution in [-0.2, 0) is 17.8 Å². The summed E-state index contributed by atoms with van der Waals surface area (Å²) in [4.78, 5) is 8.01. The maximum absolute atomic E-state index is 12.5. The van der Waals surface area contributed by atoms with Gasteiger partial charge in [0.25, 0.3) is 0 Å². The first-order chi connectivity index (χ1) is 13.9. The molecule has 0 amide bonds. The first-order valence-corrected chi connectivity index (χ1v) is 10.1. The molecular weight excluding hydrogens is 383 g/mol. The van der Waals surface area contributed by atoms with Crippen molar-refractivity contribution >= 4 is 5.96 Å². The van der Waals surface area contributed by atoms with Crippen molar-refractivity contribution in [2.45, 2.75) is 31.7 Å². The van der Waals surface area contributed by atoms with Gasteiger partial charge in [-0.15, -0.1) is 0 Å². The molecule has 1 atom stereocenters. The summed E-state index contributed by atoms with van der Waals surface area (Å²) in [7, 11) is 1.67. The number of alkyl halides is 3. The topological polar surface area (TPSA) is 52.1 Å². The van der Waals surface area contributed by atoms with E-state index in [0.29, 0.717) is 32.0 Å². The van der Waals surface area contributed by atoms with Crippen LogP contribution in [0.4, 0.5) is 13.2 Å². The SMILES string of the molecule is CN=C(NCc1ccc(CN2CCOCC2)cc1)NC1CCN(CC(F)(F)F)C1. The number of aliphatic imine (C=N–C) groups is 1. The Hall–Kier alpha value is -1.84. The second kappa shape index (κ2) is 10.3. The van der Waals surface area contributed by atoms with E-state index in [2.05, 4.69) is 44.8 Å². The third-order valence-electron chi connectivity index (χ3n) is 5.23. The third kappa shape index (κ3) is 7.49. The highest BCUT2D eigenvalue weighted by Crippen LogP contribution is 2.20. The van der Waals surface area contributed by atoms with Gasteiger partial charge < -0.3 is 15.4 Å². The fourth-order valence-electron chi connectivity index (χ4n) is 3.70. The quantitative estimate of drug-likeness (QED) is 0.551. The van der Waals surface area contributed by atoms with Crippen LogP contribution in [0.2, 0.25) is 0 Å². The summed E-state index contributed by atoms with van der Waals surface area (Å²) in [5.74, 6) is 0.612. The molecule has 162 valence electrons. The monoisotopic (exact) mass is 413 g/mol. The number of morpholine rings is 1. The van der Waals surface area contributed by atoms with E-state index in [1.54, 1.807) is 7.05 Å². The molecule has 2 heterocycles. The molecular formula is C20H30F3N5O. The normalized spacial score (nSPS) is 22.1. The molecule has 2 N–H and O–H groups in total. The number of hydrogen-bond donors (Lipinski definition) is 2. The van der Waals surface area contributed by atoms with Crippen LogP contribution in [0.1, 0.15) is 17.5 Å². The lowest BCUT2D eigenvalue weighted by molar-refractivity contribution is -0.143. The first kappa shape index (κ1) is 21.9. The zero-order valence-corrected chi connectivity index (χ0v) is 16.8. The second-order valence-electron chi connectivity index (χ2n) is 7.61. The molecule has 2 aliphatic heterocycles. The van der Waals surface area contributed by atoms with E-state index in [4.69, 9.17) is 4.74 Å². The van der Waals surface area contributed by atoms with E-state index in [0.717, 1.165) is 38.4 Å². The van der Waals surface area contributed by atoms with Gasteiger partial charge >= 0.3 is 6.18 Å². The molecule has 0 aromatic heterocycles. The smallest absolute Gasteiger partial charge is 0.379 e. The van der Waals surface area contributed by atoms with Crippen LogP contribution in [0.3, 0.4) is 0 Å². The molecule has 0 radical (unpaired) electrons. The second-order valence-corrected chi connectivity index (χ2v) is 7.61. The largest absolute Gasteiger partial charge is 0.401 e. The van der Waals surface area contributed by atoms with Crippen molar-refractivity contribution in [2.24, 2.45) is 4.99 Å². The highest BCUT2D eigenvalue weighted by atomic mass is 19.4. The molecule has 1 unspecified atom stereocenters. The van der Waals surface area contributed by atoms with Crippen LogP contribution in [0, 0.1) is 0 Å². The Morgan fingerprint density at radius 3 is 2.45 bits per heavy atom. The van der Waals surface area contributed by atoms with Crippen LogP contribution < -0.4 is 10.6 Å². The molecule has 2 aliphatic rings. The van der Waals surface area contributed by atoms with Gasteiger partial charge in [-0.2, -0.15) is 13.2 Å². The van der Waals surface area contributed by atoms with Crippen molar-refractivity contribution in [1.82, 2.24) is 20.4 Å². The molecule has 0 saturated carbocycles. The van der Waals surface area contributed by atoms with E-state index >= 15 is 0 Å². The summed E-state index contributed by atoms with van der Waals surface area (Å²) in [6, 6.07) is 8.43. The molecule has 2 fully saturated rings. The van der Waals surface area contributed by atoms with E-state index in [1.165, 1.54) is 10.5 Å². The van der Waals surface area contributed by atoms with Crippen LogP contribution >= 0.6 is 0 Å². The van der Waals surface area contributed by atoms with Crippen molar-refractivity contribution in [3.8, 4) is 0 Å². The number of hydrogen-bond acceptors (Lipinski definition) is 4. The van der Waals surface area contributed by atoms with Crippen molar-refractivity contribution < 1.29 is 17.9 Å². The number of rotatable bonds is 6. The summed E-state index contributed by atoms with van der Waals surface area (Å²) in [6.45, 7) is 5.02. The Balaban J connectivity index is 1.41. The summed E-state index contributed by atoms with van der Waals surface area (Å²) in [6.07, 6.45) is -3.48. The van der Waals surface area contributed by atoms with E-state index in [-0.39, 0.29) is 6.04 Å². The summed E-state index contributed by atoms with van der Waals surface area (Å²) in [5.41, 5.74) is 2.40. The number of nitrogens with one attached hydrogen (secondary N) is 2. The van der Waals surface area contributed by atoms with Crippen LogP contribution in [0.15, 0.2) is 29.3 Å². The predicted octanol–water partition coefficient (Wildman–Crippen LogP) is 1.82. The number of benzene rings is 1. The highest BCUT2D eigenvalue weighted by Gasteiger charge is 2.34. The Morgan fingerprint density at radius 2 is 1.79 bits per heavy atom. The Bertz CT molecular complexity index is 659. The lowest BCUT2D eigenvalue weighted by Gasteiger charge is -2.26. The minimum atomic E-state index is -4.15. The molecule has 2 saturated heterocycles. The van der Waals surface area contributed by atoms with Gasteiger partial charge in [0.15, 0.2) is 5.96 Å². The maximum Gasteiger partial charge on any atom is 0.401 e. The number of halogens is 3. The molecule has 9 heteroatoms. The van der Waals surface area contributed by atoms with Crippen molar-refractivity contribution in [2.75, 3.05) is 53.0 Å². The third-order valence-corrected chi connectivity index (χ3v) is 5.23. The van der Waals surface area contributed by atoms with Crippen LogP contribution in [0.5, 0.6) is 0 Å². The fraction of sp³-hybridized carbons (Fsp3) is 0.650. The summed E-state index contributed by atoms with van der Waals surface area (Å²) in [5, 5.41) is 6.48. The number of nitrogens with zero attached hydrogens (tertiary/aromatic N) is 3. The van der Waals surface area contributed by atoms with Gasteiger partial charge in [0.2, 0.25) is 0 Å². The van der Waals surface area contributed by atoms with Gasteiger partial charge in [-0.05, 0) is 17.5 Å². The molecule has 3 rings (SSSR count). The molecule has 6 nitrogen and oxygen atoms in total. The molecule has 0 bridgehead atoms. The minimum Gasteiger partial charge on any atom is -0.379 e. The zero-order chi connectivity index (χ0) is 20.7. The van der Waals surface area contributed by atoms with Gasteiger partial charge in [-0.1, -0.05) is 24.3 Å². The molecule has 1 aromatic rings. The Morgan fingerprint density at radius 1 is 1.10 bits per heavy atom. The molecule has 1 aromatic carbocycles.